The van der Waals surface area contributed by atoms with Crippen LogP contribution < -0.4 is 26.8 Å². The van der Waals surface area contributed by atoms with E-state index in [-0.39, 0.29) is 11.5 Å². The fraction of sp³-hybridized carbons (Fsp3) is 0.417. The summed E-state index contributed by atoms with van der Waals surface area (Å²) < 4.78 is 2.24. The Morgan fingerprint density at radius 1 is 1.15 bits per heavy atom. The zero-order valence-corrected chi connectivity index (χ0v) is 19.3. The van der Waals surface area contributed by atoms with Crippen LogP contribution >= 0.6 is 0 Å². The van der Waals surface area contributed by atoms with Crippen LogP contribution in [0.15, 0.2) is 46.1 Å². The van der Waals surface area contributed by atoms with E-state index in [0.29, 0.717) is 18.5 Å². The van der Waals surface area contributed by atoms with Crippen LogP contribution in [0, 0.1) is 0 Å². The number of nitrogens with one attached hydrogen (secondary N) is 2. The first kappa shape index (κ1) is 24.0. The molecule has 0 radical (unpaired) electrons. The molecule has 1 fully saturated rings. The van der Waals surface area contributed by atoms with Crippen LogP contribution in [0.3, 0.4) is 0 Å². The summed E-state index contributed by atoms with van der Waals surface area (Å²) in [6, 6.07) is 7.00. The molecule has 2 amide bonds. The monoisotopic (exact) mass is 453 g/mol. The maximum Gasteiger partial charge on any atom is 0.330 e. The zero-order valence-electron chi connectivity index (χ0n) is 19.3. The highest BCUT2D eigenvalue weighted by atomic mass is 16.2. The lowest BCUT2D eigenvalue weighted by atomic mass is 10.1. The van der Waals surface area contributed by atoms with Gasteiger partial charge in [-0.1, -0.05) is 19.4 Å². The van der Waals surface area contributed by atoms with E-state index in [4.69, 9.17) is 0 Å². The summed E-state index contributed by atoms with van der Waals surface area (Å²) in [4.78, 5) is 51.6. The highest BCUT2D eigenvalue weighted by molar-refractivity contribution is 6.00. The number of aromatic nitrogens is 2. The Bertz CT molecular complexity index is 1160. The van der Waals surface area contributed by atoms with Crippen molar-refractivity contribution in [3.8, 4) is 0 Å². The lowest BCUT2D eigenvalue weighted by Gasteiger charge is -2.20. The predicted octanol–water partition coefficient (Wildman–Crippen LogP) is 1.62. The summed E-state index contributed by atoms with van der Waals surface area (Å²) >= 11 is 0. The average Bonchev–Trinajstić information content (AvgIpc) is 3.34. The van der Waals surface area contributed by atoms with Crippen LogP contribution in [-0.4, -0.2) is 40.1 Å². The van der Waals surface area contributed by atoms with Crippen molar-refractivity contribution in [2.75, 3.05) is 23.3 Å². The second-order valence-electron chi connectivity index (χ2n) is 8.26. The molecular weight excluding hydrogens is 422 g/mol. The van der Waals surface area contributed by atoms with Gasteiger partial charge in [0.25, 0.3) is 5.56 Å². The minimum absolute atomic E-state index is 0.199. The standard InChI is InChI=1S/C24H31N5O4/c1-4-8-20(22(31)25-18-9-7-10-19(15-18)29-13-5-6-14-29)26-21(30)12-11-17-16-27(2)24(33)28(3)23(17)32/h7,9-12,15-16,20H,4-6,8,13-14H2,1-3H3,(H,25,31)(H,26,30)/b12-11+. The number of hydrogen-bond donors (Lipinski definition) is 2. The number of rotatable bonds is 8. The smallest absolute Gasteiger partial charge is 0.330 e. The third-order valence-electron chi connectivity index (χ3n) is 5.68. The largest absolute Gasteiger partial charge is 0.371 e. The molecule has 1 unspecified atom stereocenters. The average molecular weight is 454 g/mol. The highest BCUT2D eigenvalue weighted by Crippen LogP contribution is 2.23. The van der Waals surface area contributed by atoms with Crippen molar-refractivity contribution in [1.29, 1.82) is 0 Å². The third kappa shape index (κ3) is 6.00. The van der Waals surface area contributed by atoms with Gasteiger partial charge in [-0.2, -0.15) is 0 Å². The number of carbonyl (C=O) groups is 2. The van der Waals surface area contributed by atoms with Gasteiger partial charge < -0.3 is 20.1 Å². The second kappa shape index (κ2) is 10.8. The highest BCUT2D eigenvalue weighted by Gasteiger charge is 2.20. The molecule has 9 heteroatoms. The molecular formula is C24H31N5O4. The minimum Gasteiger partial charge on any atom is -0.371 e. The van der Waals surface area contributed by atoms with E-state index >= 15 is 0 Å². The number of aryl methyl sites for hydroxylation is 1. The second-order valence-corrected chi connectivity index (χ2v) is 8.26. The van der Waals surface area contributed by atoms with Crippen molar-refractivity contribution in [3.05, 3.63) is 62.9 Å². The van der Waals surface area contributed by atoms with Gasteiger partial charge in [0.2, 0.25) is 11.8 Å². The predicted molar refractivity (Wildman–Crippen MR) is 129 cm³/mol. The first-order valence-electron chi connectivity index (χ1n) is 11.2. The molecule has 1 saturated heterocycles. The van der Waals surface area contributed by atoms with Crippen LogP contribution in [0.2, 0.25) is 0 Å². The van der Waals surface area contributed by atoms with Crippen molar-refractivity contribution in [1.82, 2.24) is 14.5 Å². The van der Waals surface area contributed by atoms with Crippen LogP contribution in [0.5, 0.6) is 0 Å². The van der Waals surface area contributed by atoms with E-state index in [0.717, 1.165) is 23.3 Å². The topological polar surface area (TPSA) is 105 Å². The Morgan fingerprint density at radius 3 is 2.58 bits per heavy atom. The first-order chi connectivity index (χ1) is 15.8. The van der Waals surface area contributed by atoms with Gasteiger partial charge >= 0.3 is 5.69 Å². The molecule has 2 aromatic rings. The van der Waals surface area contributed by atoms with E-state index in [1.807, 2.05) is 31.2 Å². The maximum atomic E-state index is 12.9. The van der Waals surface area contributed by atoms with Gasteiger partial charge in [-0.15, -0.1) is 0 Å². The number of carbonyl (C=O) groups excluding carboxylic acids is 2. The third-order valence-corrected chi connectivity index (χ3v) is 5.68. The lowest BCUT2D eigenvalue weighted by molar-refractivity contribution is -0.123. The SMILES string of the molecule is CCCC(NC(=O)/C=C/c1cn(C)c(=O)n(C)c1=O)C(=O)Nc1cccc(N2CCCC2)c1. The lowest BCUT2D eigenvalue weighted by Crippen LogP contribution is -2.43. The molecule has 1 atom stereocenters. The number of hydrogen-bond acceptors (Lipinski definition) is 5. The van der Waals surface area contributed by atoms with Crippen molar-refractivity contribution in [3.63, 3.8) is 0 Å². The van der Waals surface area contributed by atoms with Crippen molar-refractivity contribution in [2.45, 2.75) is 38.6 Å². The Hall–Kier alpha value is -3.62. The molecule has 0 spiro atoms. The number of anilines is 2. The van der Waals surface area contributed by atoms with E-state index in [9.17, 15) is 19.2 Å². The number of amides is 2. The number of benzene rings is 1. The quantitative estimate of drug-likeness (QED) is 0.591. The molecule has 0 bridgehead atoms. The molecule has 1 aromatic carbocycles. The molecule has 2 heterocycles. The zero-order chi connectivity index (χ0) is 24.0. The van der Waals surface area contributed by atoms with E-state index < -0.39 is 23.2 Å². The van der Waals surface area contributed by atoms with Gasteiger partial charge in [-0.3, -0.25) is 19.0 Å². The maximum absolute atomic E-state index is 12.9. The van der Waals surface area contributed by atoms with Crippen LogP contribution in [0.4, 0.5) is 11.4 Å². The van der Waals surface area contributed by atoms with Gasteiger partial charge in [0, 0.05) is 50.8 Å². The van der Waals surface area contributed by atoms with Crippen molar-refractivity contribution < 1.29 is 9.59 Å². The molecule has 3 rings (SSSR count). The molecule has 33 heavy (non-hydrogen) atoms. The van der Waals surface area contributed by atoms with Crippen molar-refractivity contribution >= 4 is 29.3 Å². The molecule has 176 valence electrons. The molecule has 1 aliphatic heterocycles. The number of nitrogens with zero attached hydrogens (tertiary/aromatic N) is 3. The first-order valence-corrected chi connectivity index (χ1v) is 11.2. The normalized spacial score (nSPS) is 14.5. The summed E-state index contributed by atoms with van der Waals surface area (Å²) in [6.07, 6.45) is 7.43. The van der Waals surface area contributed by atoms with E-state index in [2.05, 4.69) is 15.5 Å². The molecule has 1 aliphatic rings. The molecule has 1 aromatic heterocycles. The summed E-state index contributed by atoms with van der Waals surface area (Å²) in [5.74, 6) is -0.791. The summed E-state index contributed by atoms with van der Waals surface area (Å²) in [5.41, 5.74) is 1.01. The molecule has 9 nitrogen and oxygen atoms in total. The van der Waals surface area contributed by atoms with Gasteiger partial charge in [0.15, 0.2) is 0 Å². The van der Waals surface area contributed by atoms with Gasteiger partial charge in [-0.05, 0) is 43.5 Å². The summed E-state index contributed by atoms with van der Waals surface area (Å²) in [5, 5.41) is 5.62. The van der Waals surface area contributed by atoms with Gasteiger partial charge in [-0.25, -0.2) is 4.79 Å². The van der Waals surface area contributed by atoms with Crippen LogP contribution in [-0.2, 0) is 23.7 Å². The van der Waals surface area contributed by atoms with E-state index in [1.165, 1.54) is 49.9 Å². The Labute approximate surface area is 192 Å². The summed E-state index contributed by atoms with van der Waals surface area (Å²) in [7, 11) is 2.90. The van der Waals surface area contributed by atoms with Crippen LogP contribution in [0.25, 0.3) is 6.08 Å². The Morgan fingerprint density at radius 2 is 1.88 bits per heavy atom. The molecule has 2 N–H and O–H groups in total. The molecule has 0 saturated carbocycles. The Kier molecular flexibility index (Phi) is 7.87. The van der Waals surface area contributed by atoms with Gasteiger partial charge in [0.05, 0.1) is 5.56 Å². The summed E-state index contributed by atoms with van der Waals surface area (Å²) in [6.45, 7) is 3.96. The fourth-order valence-corrected chi connectivity index (χ4v) is 3.88. The van der Waals surface area contributed by atoms with E-state index in [1.54, 1.807) is 0 Å². The van der Waals surface area contributed by atoms with Gasteiger partial charge in [0.1, 0.15) is 6.04 Å². The minimum atomic E-state index is -0.717. The van der Waals surface area contributed by atoms with Crippen molar-refractivity contribution in [2.24, 2.45) is 14.1 Å². The van der Waals surface area contributed by atoms with Crippen LogP contribution in [0.1, 0.15) is 38.2 Å². The molecule has 0 aliphatic carbocycles. The fourth-order valence-electron chi connectivity index (χ4n) is 3.88. The Balaban J connectivity index is 1.67.